The zero-order chi connectivity index (χ0) is 9.52. The van der Waals surface area contributed by atoms with E-state index in [4.69, 9.17) is 0 Å². The number of rotatable bonds is 6. The molecule has 0 aliphatic carbocycles. The molecule has 4 heteroatoms. The number of nitrogens with zero attached hydrogens (tertiary/aromatic N) is 2. The van der Waals surface area contributed by atoms with Gasteiger partial charge in [0.15, 0.2) is 0 Å². The largest absolute Gasteiger partial charge is 0.315 e. The molecule has 0 unspecified atom stereocenters. The van der Waals surface area contributed by atoms with Crippen molar-refractivity contribution in [1.29, 1.82) is 0 Å². The highest BCUT2D eigenvalue weighted by Crippen LogP contribution is 2.00. The quantitative estimate of drug-likeness (QED) is 0.641. The van der Waals surface area contributed by atoms with E-state index >= 15 is 0 Å². The fraction of sp³-hybridized carbons (Fsp3) is 0.667. The Morgan fingerprint density at radius 3 is 3.00 bits per heavy atom. The predicted octanol–water partition coefficient (Wildman–Crippen LogP) is 1.88. The summed E-state index contributed by atoms with van der Waals surface area (Å²) in [7, 11) is 0. The van der Waals surface area contributed by atoms with E-state index in [9.17, 15) is 0 Å². The number of hydrogen-bond donors (Lipinski definition) is 1. The van der Waals surface area contributed by atoms with Gasteiger partial charge in [-0.2, -0.15) is 5.10 Å². The van der Waals surface area contributed by atoms with Crippen molar-refractivity contribution in [3.8, 4) is 0 Å². The van der Waals surface area contributed by atoms with Crippen molar-refractivity contribution in [1.82, 2.24) is 15.1 Å². The second-order valence-corrected chi connectivity index (χ2v) is 4.27. The summed E-state index contributed by atoms with van der Waals surface area (Å²) in [5.41, 5.74) is 0. The van der Waals surface area contributed by atoms with E-state index in [1.54, 1.807) is 0 Å². The maximum Gasteiger partial charge on any atom is 0.0623 e. The van der Waals surface area contributed by atoms with Gasteiger partial charge in [-0.25, -0.2) is 0 Å². The first-order chi connectivity index (χ1) is 6.33. The van der Waals surface area contributed by atoms with E-state index in [1.807, 2.05) is 10.9 Å². The van der Waals surface area contributed by atoms with Crippen molar-refractivity contribution in [2.75, 3.05) is 13.1 Å². The summed E-state index contributed by atoms with van der Waals surface area (Å²) >= 11 is 2.27. The molecule has 1 aromatic rings. The van der Waals surface area contributed by atoms with Crippen LogP contribution in [0.15, 0.2) is 12.4 Å². The lowest BCUT2D eigenvalue weighted by atomic mass is 10.3. The average Bonchev–Trinajstić information content (AvgIpc) is 2.51. The van der Waals surface area contributed by atoms with Crippen molar-refractivity contribution in [2.24, 2.45) is 0 Å². The SMILES string of the molecule is CCCCNCCn1cc(I)cn1. The summed E-state index contributed by atoms with van der Waals surface area (Å²) in [5, 5.41) is 7.58. The van der Waals surface area contributed by atoms with Gasteiger partial charge in [0, 0.05) is 12.7 Å². The summed E-state index contributed by atoms with van der Waals surface area (Å²) in [5.74, 6) is 0. The van der Waals surface area contributed by atoms with Gasteiger partial charge >= 0.3 is 0 Å². The third-order valence-electron chi connectivity index (χ3n) is 1.83. The molecular formula is C9H16IN3. The van der Waals surface area contributed by atoms with Crippen LogP contribution in [-0.2, 0) is 6.54 Å². The van der Waals surface area contributed by atoms with Crippen LogP contribution < -0.4 is 5.32 Å². The molecule has 0 saturated carbocycles. The van der Waals surface area contributed by atoms with Gasteiger partial charge in [-0.15, -0.1) is 0 Å². The molecule has 0 aliphatic heterocycles. The summed E-state index contributed by atoms with van der Waals surface area (Å²) in [4.78, 5) is 0. The van der Waals surface area contributed by atoms with Gasteiger partial charge in [-0.3, -0.25) is 4.68 Å². The highest BCUT2D eigenvalue weighted by atomic mass is 127. The van der Waals surface area contributed by atoms with Crippen molar-refractivity contribution >= 4 is 22.6 Å². The summed E-state index contributed by atoms with van der Waals surface area (Å²) in [6.45, 7) is 5.30. The Morgan fingerprint density at radius 1 is 1.54 bits per heavy atom. The molecule has 1 aromatic heterocycles. The fourth-order valence-corrected chi connectivity index (χ4v) is 1.53. The molecule has 0 radical (unpaired) electrons. The van der Waals surface area contributed by atoms with Gasteiger partial charge in [-0.1, -0.05) is 13.3 Å². The normalized spacial score (nSPS) is 10.6. The Kier molecular flexibility index (Phi) is 5.38. The molecule has 1 rings (SSSR count). The predicted molar refractivity (Wildman–Crippen MR) is 62.7 cm³/mol. The lowest BCUT2D eigenvalue weighted by Gasteiger charge is -2.03. The molecular weight excluding hydrogens is 277 g/mol. The smallest absolute Gasteiger partial charge is 0.0623 e. The van der Waals surface area contributed by atoms with Crippen molar-refractivity contribution in [3.63, 3.8) is 0 Å². The topological polar surface area (TPSA) is 29.9 Å². The standard InChI is InChI=1S/C9H16IN3/c1-2-3-4-11-5-6-13-8-9(10)7-12-13/h7-8,11H,2-6H2,1H3. The minimum Gasteiger partial charge on any atom is -0.315 e. The van der Waals surface area contributed by atoms with Crippen LogP contribution in [0.3, 0.4) is 0 Å². The first-order valence-electron chi connectivity index (χ1n) is 4.71. The molecule has 3 nitrogen and oxygen atoms in total. The number of nitrogens with one attached hydrogen (secondary N) is 1. The molecule has 0 atom stereocenters. The van der Waals surface area contributed by atoms with Gasteiger partial charge < -0.3 is 5.32 Å². The first kappa shape index (κ1) is 11.0. The Balaban J connectivity index is 2.06. The minimum absolute atomic E-state index is 0.965. The van der Waals surface area contributed by atoms with Gasteiger partial charge in [0.05, 0.1) is 16.3 Å². The van der Waals surface area contributed by atoms with Gasteiger partial charge in [-0.05, 0) is 35.6 Å². The van der Waals surface area contributed by atoms with E-state index in [1.165, 1.54) is 16.4 Å². The Hall–Kier alpha value is -0.100. The van der Waals surface area contributed by atoms with Crippen LogP contribution in [0.25, 0.3) is 0 Å². The summed E-state index contributed by atoms with van der Waals surface area (Å²) < 4.78 is 3.17. The molecule has 1 N–H and O–H groups in total. The maximum absolute atomic E-state index is 4.20. The van der Waals surface area contributed by atoms with Crippen LogP contribution in [0, 0.1) is 3.57 Å². The van der Waals surface area contributed by atoms with Gasteiger partial charge in [0.1, 0.15) is 0 Å². The summed E-state index contributed by atoms with van der Waals surface area (Å²) in [6, 6.07) is 0. The van der Waals surface area contributed by atoms with Crippen LogP contribution in [0.1, 0.15) is 19.8 Å². The molecule has 74 valence electrons. The lowest BCUT2D eigenvalue weighted by Crippen LogP contribution is -2.21. The third-order valence-corrected chi connectivity index (χ3v) is 2.38. The molecule has 0 saturated heterocycles. The van der Waals surface area contributed by atoms with Crippen LogP contribution in [0.4, 0.5) is 0 Å². The van der Waals surface area contributed by atoms with E-state index in [0.29, 0.717) is 0 Å². The van der Waals surface area contributed by atoms with Crippen molar-refractivity contribution < 1.29 is 0 Å². The zero-order valence-corrected chi connectivity index (χ0v) is 10.1. The number of hydrogen-bond acceptors (Lipinski definition) is 2. The van der Waals surface area contributed by atoms with E-state index in [0.717, 1.165) is 19.6 Å². The fourth-order valence-electron chi connectivity index (χ4n) is 1.08. The Bertz CT molecular complexity index is 235. The van der Waals surface area contributed by atoms with Gasteiger partial charge in [0.25, 0.3) is 0 Å². The minimum atomic E-state index is 0.965. The van der Waals surface area contributed by atoms with Crippen LogP contribution in [0.2, 0.25) is 0 Å². The lowest BCUT2D eigenvalue weighted by molar-refractivity contribution is 0.545. The molecule has 0 aliphatic rings. The van der Waals surface area contributed by atoms with Crippen LogP contribution in [0.5, 0.6) is 0 Å². The zero-order valence-electron chi connectivity index (χ0n) is 7.96. The highest BCUT2D eigenvalue weighted by Gasteiger charge is 1.93. The van der Waals surface area contributed by atoms with Crippen molar-refractivity contribution in [2.45, 2.75) is 26.3 Å². The maximum atomic E-state index is 4.20. The second kappa shape index (κ2) is 6.37. The van der Waals surface area contributed by atoms with Gasteiger partial charge in [0.2, 0.25) is 0 Å². The summed E-state index contributed by atoms with van der Waals surface area (Å²) in [6.07, 6.45) is 6.46. The monoisotopic (exact) mass is 293 g/mol. The number of aromatic nitrogens is 2. The van der Waals surface area contributed by atoms with Crippen LogP contribution >= 0.6 is 22.6 Å². The Labute approximate surface area is 93.0 Å². The molecule has 0 aromatic carbocycles. The molecule has 0 bridgehead atoms. The Morgan fingerprint density at radius 2 is 2.38 bits per heavy atom. The van der Waals surface area contributed by atoms with E-state index in [-0.39, 0.29) is 0 Å². The molecule has 0 spiro atoms. The molecule has 13 heavy (non-hydrogen) atoms. The van der Waals surface area contributed by atoms with E-state index in [2.05, 4.69) is 46.1 Å². The average molecular weight is 293 g/mol. The molecule has 0 amide bonds. The third kappa shape index (κ3) is 4.61. The van der Waals surface area contributed by atoms with E-state index < -0.39 is 0 Å². The first-order valence-corrected chi connectivity index (χ1v) is 5.79. The molecule has 1 heterocycles. The second-order valence-electron chi connectivity index (χ2n) is 3.03. The van der Waals surface area contributed by atoms with Crippen LogP contribution in [-0.4, -0.2) is 22.9 Å². The number of unbranched alkanes of at least 4 members (excludes halogenated alkanes) is 1. The highest BCUT2D eigenvalue weighted by molar-refractivity contribution is 14.1. The number of halogens is 1. The molecule has 0 fully saturated rings. The van der Waals surface area contributed by atoms with Crippen molar-refractivity contribution in [3.05, 3.63) is 16.0 Å².